The third kappa shape index (κ3) is 15.8. The highest BCUT2D eigenvalue weighted by molar-refractivity contribution is 9.10. The van der Waals surface area contributed by atoms with Crippen molar-refractivity contribution in [3.8, 4) is 0 Å². The number of pyridine rings is 2. The number of methoxy groups -OCH3 is 2. The van der Waals surface area contributed by atoms with Crippen molar-refractivity contribution in [3.05, 3.63) is 57.0 Å². The van der Waals surface area contributed by atoms with Crippen molar-refractivity contribution in [2.75, 3.05) is 14.2 Å². The van der Waals surface area contributed by atoms with E-state index in [4.69, 9.17) is 15.2 Å². The van der Waals surface area contributed by atoms with Crippen molar-refractivity contribution in [1.29, 1.82) is 0 Å². The Hall–Kier alpha value is -1.99. The number of aromatic nitrogens is 2. The van der Waals surface area contributed by atoms with E-state index >= 15 is 0 Å². The Morgan fingerprint density at radius 1 is 0.892 bits per heavy atom. The smallest absolute Gasteiger partial charge is 0.408 e. The Morgan fingerprint density at radius 2 is 1.35 bits per heavy atom. The number of nitrogens with two attached hydrogens (primary N) is 1. The monoisotopic (exact) mass is 688 g/mol. The number of halogens is 4. The molecule has 2 aromatic heterocycles. The normalized spacial score (nSPS) is 11.7. The first-order valence-electron chi connectivity index (χ1n) is 10.5. The summed E-state index contributed by atoms with van der Waals surface area (Å²) in [4.78, 5) is 42.8. The van der Waals surface area contributed by atoms with Crippen LogP contribution >= 0.6 is 56.7 Å². The van der Waals surface area contributed by atoms with Crippen molar-refractivity contribution in [1.82, 2.24) is 15.3 Å². The van der Waals surface area contributed by atoms with E-state index in [1.165, 1.54) is 14.2 Å². The Kier molecular flexibility index (Phi) is 18.4. The summed E-state index contributed by atoms with van der Waals surface area (Å²) in [5, 5.41) is 2.50. The van der Waals surface area contributed by atoms with Gasteiger partial charge in [0, 0.05) is 45.6 Å². The minimum absolute atomic E-state index is 0. The van der Waals surface area contributed by atoms with E-state index in [-0.39, 0.29) is 31.2 Å². The van der Waals surface area contributed by atoms with E-state index in [1.54, 1.807) is 39.2 Å². The Labute approximate surface area is 245 Å². The van der Waals surface area contributed by atoms with Crippen LogP contribution in [0.5, 0.6) is 0 Å². The number of esters is 2. The first-order chi connectivity index (χ1) is 16.3. The molecule has 37 heavy (non-hydrogen) atoms. The molecule has 10 nitrogen and oxygen atoms in total. The van der Waals surface area contributed by atoms with Crippen LogP contribution in [0.15, 0.2) is 45.6 Å². The lowest BCUT2D eigenvalue weighted by Gasteiger charge is -2.22. The Balaban J connectivity index is 0. The van der Waals surface area contributed by atoms with Crippen LogP contribution in [0.4, 0.5) is 4.79 Å². The summed E-state index contributed by atoms with van der Waals surface area (Å²) in [7, 11) is 2.58. The second kappa shape index (κ2) is 18.3. The topological polar surface area (TPSA) is 143 Å². The summed E-state index contributed by atoms with van der Waals surface area (Å²) in [6, 6.07) is 5.74. The number of hydrogen-bond acceptors (Lipinski definition) is 9. The van der Waals surface area contributed by atoms with E-state index in [0.29, 0.717) is 12.1 Å². The number of nitrogens with one attached hydrogen (secondary N) is 1. The second-order valence-electron chi connectivity index (χ2n) is 8.20. The van der Waals surface area contributed by atoms with Gasteiger partial charge in [-0.05, 0) is 76.9 Å². The molecule has 0 aliphatic carbocycles. The van der Waals surface area contributed by atoms with Crippen LogP contribution in [0.2, 0.25) is 0 Å². The fourth-order valence-electron chi connectivity index (χ4n) is 2.51. The van der Waals surface area contributed by atoms with E-state index in [1.807, 2.05) is 18.2 Å². The standard InChI is InChI=1S/C14H19BrN2O4.C9H11BrN2O2.2ClH/c1-14(2,3)21-13(19)17-11(12(18)20-4)7-10-6-5-9(15)8-16-10;1-14-9(13)8(11)4-7-3-2-6(10)5-12-7;;/h5-6,8,11H,7H2,1-4H3,(H,17,19);2-3,5,8H,4,11H2,1H3;2*1H/t11-;8-;;/m00../s1. The Bertz CT molecular complexity index is 977. The van der Waals surface area contributed by atoms with E-state index in [0.717, 1.165) is 14.6 Å². The summed E-state index contributed by atoms with van der Waals surface area (Å²) in [6.45, 7) is 5.24. The predicted octanol–water partition coefficient (Wildman–Crippen LogP) is 4.18. The zero-order valence-electron chi connectivity index (χ0n) is 21.0. The molecule has 3 N–H and O–H groups in total. The number of rotatable bonds is 7. The second-order valence-corrected chi connectivity index (χ2v) is 10.0. The minimum Gasteiger partial charge on any atom is -0.468 e. The maximum absolute atomic E-state index is 11.8. The molecule has 2 heterocycles. The number of amides is 1. The average Bonchev–Trinajstić information content (AvgIpc) is 2.79. The average molecular weight is 691 g/mol. The zero-order chi connectivity index (χ0) is 26.6. The molecule has 208 valence electrons. The summed E-state index contributed by atoms with van der Waals surface area (Å²) in [5.41, 5.74) is 6.36. The van der Waals surface area contributed by atoms with Crippen molar-refractivity contribution in [2.45, 2.75) is 51.3 Å². The maximum atomic E-state index is 11.8. The number of nitrogens with zero attached hydrogens (tertiary/aromatic N) is 2. The van der Waals surface area contributed by atoms with Crippen LogP contribution in [0.3, 0.4) is 0 Å². The molecule has 0 saturated heterocycles. The number of carbonyl (C=O) groups is 3. The van der Waals surface area contributed by atoms with Crippen LogP contribution in [-0.2, 0) is 36.6 Å². The van der Waals surface area contributed by atoms with E-state index < -0.39 is 35.7 Å². The fraction of sp³-hybridized carbons (Fsp3) is 0.435. The van der Waals surface area contributed by atoms with Gasteiger partial charge < -0.3 is 25.3 Å². The van der Waals surface area contributed by atoms with Gasteiger partial charge in [0.2, 0.25) is 0 Å². The van der Waals surface area contributed by atoms with Gasteiger partial charge in [0.1, 0.15) is 17.7 Å². The fourth-order valence-corrected chi connectivity index (χ4v) is 2.98. The molecule has 0 unspecified atom stereocenters. The largest absolute Gasteiger partial charge is 0.468 e. The first kappa shape index (κ1) is 37.2. The van der Waals surface area contributed by atoms with Gasteiger partial charge in [-0.1, -0.05) is 0 Å². The van der Waals surface area contributed by atoms with Gasteiger partial charge >= 0.3 is 18.0 Å². The van der Waals surface area contributed by atoms with Gasteiger partial charge in [0.15, 0.2) is 0 Å². The molecule has 2 rings (SSSR count). The van der Waals surface area contributed by atoms with Gasteiger partial charge in [-0.3, -0.25) is 14.8 Å². The highest BCUT2D eigenvalue weighted by atomic mass is 79.9. The lowest BCUT2D eigenvalue weighted by Crippen LogP contribution is -2.45. The SMILES string of the molecule is COC(=O)[C@@H](N)Cc1ccc(Br)cn1.COC(=O)[C@H](Cc1ccc(Br)cn1)NC(=O)OC(C)(C)C.Cl.Cl. The molecule has 14 heteroatoms. The maximum Gasteiger partial charge on any atom is 0.408 e. The summed E-state index contributed by atoms with van der Waals surface area (Å²) < 4.78 is 16.1. The molecule has 0 aliphatic rings. The van der Waals surface area contributed by atoms with Gasteiger partial charge in [-0.15, -0.1) is 24.8 Å². The lowest BCUT2D eigenvalue weighted by molar-refractivity contribution is -0.143. The van der Waals surface area contributed by atoms with Crippen molar-refractivity contribution in [3.63, 3.8) is 0 Å². The summed E-state index contributed by atoms with van der Waals surface area (Å²) >= 11 is 6.55. The van der Waals surface area contributed by atoms with Gasteiger partial charge in [-0.2, -0.15) is 0 Å². The van der Waals surface area contributed by atoms with E-state index in [9.17, 15) is 14.4 Å². The number of alkyl carbamates (subject to hydrolysis) is 1. The quantitative estimate of drug-likeness (QED) is 0.323. The number of hydrogen-bond donors (Lipinski definition) is 2. The molecule has 0 saturated carbocycles. The first-order valence-corrected chi connectivity index (χ1v) is 12.0. The van der Waals surface area contributed by atoms with Crippen molar-refractivity contribution >= 4 is 74.7 Å². The molecule has 0 radical (unpaired) electrons. The Morgan fingerprint density at radius 3 is 1.73 bits per heavy atom. The van der Waals surface area contributed by atoms with Crippen LogP contribution < -0.4 is 11.1 Å². The number of ether oxygens (including phenoxy) is 3. The van der Waals surface area contributed by atoms with Crippen LogP contribution in [0.25, 0.3) is 0 Å². The highest BCUT2D eigenvalue weighted by Gasteiger charge is 2.25. The third-order valence-electron chi connectivity index (χ3n) is 4.10. The van der Waals surface area contributed by atoms with Crippen LogP contribution in [0, 0.1) is 0 Å². The van der Waals surface area contributed by atoms with Crippen LogP contribution in [-0.4, -0.2) is 59.9 Å². The molecule has 0 bridgehead atoms. The molecule has 0 spiro atoms. The highest BCUT2D eigenvalue weighted by Crippen LogP contribution is 2.11. The summed E-state index contributed by atoms with van der Waals surface area (Å²) in [6.07, 6.45) is 3.23. The van der Waals surface area contributed by atoms with Crippen LogP contribution in [0.1, 0.15) is 32.2 Å². The molecule has 2 atom stereocenters. The molecule has 0 aliphatic heterocycles. The summed E-state index contributed by atoms with van der Waals surface area (Å²) in [5.74, 6) is -0.972. The van der Waals surface area contributed by atoms with Crippen molar-refractivity contribution < 1.29 is 28.6 Å². The van der Waals surface area contributed by atoms with Crippen molar-refractivity contribution in [2.24, 2.45) is 5.73 Å². The molecule has 1 amide bonds. The molecule has 0 fully saturated rings. The lowest BCUT2D eigenvalue weighted by atomic mass is 10.1. The molecular weight excluding hydrogens is 659 g/mol. The zero-order valence-corrected chi connectivity index (χ0v) is 25.8. The predicted molar refractivity (Wildman–Crippen MR) is 151 cm³/mol. The van der Waals surface area contributed by atoms with E-state index in [2.05, 4.69) is 51.9 Å². The minimum atomic E-state index is -0.849. The molecule has 2 aromatic rings. The van der Waals surface area contributed by atoms with Gasteiger partial charge in [0.25, 0.3) is 0 Å². The van der Waals surface area contributed by atoms with Gasteiger partial charge in [0.05, 0.1) is 14.2 Å². The number of carbonyl (C=O) groups excluding carboxylic acids is 3. The molecular formula is C23H32Br2Cl2N4O6. The van der Waals surface area contributed by atoms with Gasteiger partial charge in [-0.25, -0.2) is 9.59 Å². The molecule has 0 aromatic carbocycles. The third-order valence-corrected chi connectivity index (χ3v) is 5.04.